The van der Waals surface area contributed by atoms with E-state index in [1.165, 1.54) is 30.4 Å². The first-order valence-corrected chi connectivity index (χ1v) is 6.14. The highest BCUT2D eigenvalue weighted by molar-refractivity contribution is 5.24. The Morgan fingerprint density at radius 3 is 2.31 bits per heavy atom. The van der Waals surface area contributed by atoms with Gasteiger partial charge in [0.2, 0.25) is 0 Å². The Hall–Kier alpha value is -0.860. The Bertz CT molecular complexity index is 327. The van der Waals surface area contributed by atoms with E-state index < -0.39 is 0 Å². The van der Waals surface area contributed by atoms with E-state index in [0.717, 1.165) is 0 Å². The average Bonchev–Trinajstić information content (AvgIpc) is 2.18. The fourth-order valence-corrected chi connectivity index (χ4v) is 1.98. The zero-order valence-corrected chi connectivity index (χ0v) is 10.1. The van der Waals surface area contributed by atoms with E-state index in [9.17, 15) is 0 Å². The van der Waals surface area contributed by atoms with Gasteiger partial charge in [-0.2, -0.15) is 0 Å². The van der Waals surface area contributed by atoms with E-state index in [-0.39, 0.29) is 12.1 Å². The summed E-state index contributed by atoms with van der Waals surface area (Å²) in [6.07, 6.45) is 4.15. The van der Waals surface area contributed by atoms with E-state index in [1.807, 2.05) is 6.92 Å². The molecule has 0 bridgehead atoms. The number of aryl methyl sites for hydroxylation is 1. The maximum Gasteiger partial charge on any atom is 0.0976 e. The third kappa shape index (κ3) is 2.63. The Labute approximate surface area is 97.8 Å². The van der Waals surface area contributed by atoms with Gasteiger partial charge in [-0.3, -0.25) is 0 Å². The maximum absolute atomic E-state index is 6.05. The summed E-state index contributed by atoms with van der Waals surface area (Å²) in [5.41, 5.74) is 8.48. The molecule has 1 aliphatic rings. The van der Waals surface area contributed by atoms with Crippen LogP contribution in [0.15, 0.2) is 24.3 Å². The molecule has 0 aliphatic heterocycles. The second-order valence-corrected chi connectivity index (χ2v) is 4.88. The lowest BCUT2D eigenvalue weighted by atomic mass is 9.94. The van der Waals surface area contributed by atoms with Crippen molar-refractivity contribution in [3.8, 4) is 0 Å². The van der Waals surface area contributed by atoms with Gasteiger partial charge < -0.3 is 10.5 Å². The second-order valence-electron chi connectivity index (χ2n) is 4.88. The Balaban J connectivity index is 2.08. The van der Waals surface area contributed by atoms with Crippen LogP contribution in [0.3, 0.4) is 0 Å². The molecule has 0 spiro atoms. The molecule has 16 heavy (non-hydrogen) atoms. The van der Waals surface area contributed by atoms with Crippen molar-refractivity contribution in [2.24, 2.45) is 5.73 Å². The van der Waals surface area contributed by atoms with Gasteiger partial charge in [0.1, 0.15) is 0 Å². The largest absolute Gasteiger partial charge is 0.369 e. The number of benzene rings is 1. The van der Waals surface area contributed by atoms with Gasteiger partial charge >= 0.3 is 0 Å². The van der Waals surface area contributed by atoms with E-state index in [1.54, 1.807) is 0 Å². The van der Waals surface area contributed by atoms with Gasteiger partial charge in [0.25, 0.3) is 0 Å². The number of hydrogen-bond donors (Lipinski definition) is 1. The van der Waals surface area contributed by atoms with Crippen molar-refractivity contribution in [2.45, 2.75) is 51.4 Å². The lowest BCUT2D eigenvalue weighted by Crippen LogP contribution is -2.33. The fraction of sp³-hybridized carbons (Fsp3) is 0.571. The number of hydrogen-bond acceptors (Lipinski definition) is 2. The van der Waals surface area contributed by atoms with Crippen molar-refractivity contribution in [3.05, 3.63) is 35.4 Å². The number of nitrogens with two attached hydrogens (primary N) is 1. The first-order valence-electron chi connectivity index (χ1n) is 6.14. The molecule has 0 heterocycles. The topological polar surface area (TPSA) is 35.2 Å². The van der Waals surface area contributed by atoms with E-state index >= 15 is 0 Å². The van der Waals surface area contributed by atoms with Gasteiger partial charge in [-0.15, -0.1) is 0 Å². The molecule has 1 fully saturated rings. The third-order valence-corrected chi connectivity index (χ3v) is 3.27. The lowest BCUT2D eigenvalue weighted by Gasteiger charge is -2.32. The van der Waals surface area contributed by atoms with Crippen molar-refractivity contribution in [3.63, 3.8) is 0 Å². The molecule has 2 atom stereocenters. The van der Waals surface area contributed by atoms with Crippen LogP contribution in [0.4, 0.5) is 0 Å². The predicted molar refractivity (Wildman–Crippen MR) is 66.3 cm³/mol. The summed E-state index contributed by atoms with van der Waals surface area (Å²) in [4.78, 5) is 0. The molecule has 0 amide bonds. The molecule has 1 aliphatic carbocycles. The average molecular weight is 219 g/mol. The molecule has 0 aromatic heterocycles. The molecule has 2 N–H and O–H groups in total. The molecule has 1 aromatic carbocycles. The molecule has 88 valence electrons. The normalized spacial score (nSPS) is 20.2. The second kappa shape index (κ2) is 4.98. The monoisotopic (exact) mass is 219 g/mol. The molecular weight excluding hydrogens is 198 g/mol. The van der Waals surface area contributed by atoms with Crippen molar-refractivity contribution >= 4 is 0 Å². The van der Waals surface area contributed by atoms with E-state index in [2.05, 4.69) is 31.2 Å². The minimum absolute atomic E-state index is 0.0447. The summed E-state index contributed by atoms with van der Waals surface area (Å²) in [5, 5.41) is 0. The van der Waals surface area contributed by atoms with Gasteiger partial charge in [-0.05, 0) is 38.7 Å². The quantitative estimate of drug-likeness (QED) is 0.845. The molecule has 2 rings (SSSR count). The minimum atomic E-state index is 0.0447. The Morgan fingerprint density at radius 1 is 1.25 bits per heavy atom. The SMILES string of the molecule is Cc1ccc(C(OC2CCC2)C(C)N)cc1. The fourth-order valence-electron chi connectivity index (χ4n) is 1.98. The number of ether oxygens (including phenoxy) is 1. The van der Waals surface area contributed by atoms with E-state index in [0.29, 0.717) is 6.10 Å². The van der Waals surface area contributed by atoms with Gasteiger partial charge in [-0.25, -0.2) is 0 Å². The van der Waals surface area contributed by atoms with Crippen LogP contribution in [0.2, 0.25) is 0 Å². The van der Waals surface area contributed by atoms with Crippen LogP contribution in [-0.4, -0.2) is 12.1 Å². The van der Waals surface area contributed by atoms with E-state index in [4.69, 9.17) is 10.5 Å². The van der Waals surface area contributed by atoms with Crippen LogP contribution in [-0.2, 0) is 4.74 Å². The van der Waals surface area contributed by atoms with Crippen LogP contribution in [0, 0.1) is 6.92 Å². The molecule has 2 heteroatoms. The summed E-state index contributed by atoms with van der Waals surface area (Å²) in [6.45, 7) is 4.11. The number of rotatable bonds is 4. The van der Waals surface area contributed by atoms with Crippen molar-refractivity contribution in [2.75, 3.05) is 0 Å². The third-order valence-electron chi connectivity index (χ3n) is 3.27. The lowest BCUT2D eigenvalue weighted by molar-refractivity contribution is -0.0611. The summed E-state index contributed by atoms with van der Waals surface area (Å²) < 4.78 is 6.05. The van der Waals surface area contributed by atoms with Crippen LogP contribution in [0.5, 0.6) is 0 Å². The van der Waals surface area contributed by atoms with Crippen LogP contribution < -0.4 is 5.73 Å². The minimum Gasteiger partial charge on any atom is -0.369 e. The first kappa shape index (κ1) is 11.6. The molecule has 0 radical (unpaired) electrons. The Morgan fingerprint density at radius 2 is 1.88 bits per heavy atom. The smallest absolute Gasteiger partial charge is 0.0976 e. The summed E-state index contributed by atoms with van der Waals surface area (Å²) in [6, 6.07) is 8.54. The maximum atomic E-state index is 6.05. The van der Waals surface area contributed by atoms with Crippen molar-refractivity contribution < 1.29 is 4.74 Å². The molecule has 0 saturated heterocycles. The molecular formula is C14H21NO. The van der Waals surface area contributed by atoms with Crippen LogP contribution in [0.25, 0.3) is 0 Å². The highest BCUT2D eigenvalue weighted by Gasteiger charge is 2.25. The molecule has 1 saturated carbocycles. The van der Waals surface area contributed by atoms with Crippen LogP contribution >= 0.6 is 0 Å². The summed E-state index contributed by atoms with van der Waals surface area (Å²) >= 11 is 0. The predicted octanol–water partition coefficient (Wildman–Crippen LogP) is 2.95. The highest BCUT2D eigenvalue weighted by atomic mass is 16.5. The van der Waals surface area contributed by atoms with Crippen molar-refractivity contribution in [1.82, 2.24) is 0 Å². The first-order chi connectivity index (χ1) is 7.66. The summed E-state index contributed by atoms with van der Waals surface area (Å²) in [5.74, 6) is 0. The standard InChI is InChI=1S/C14H21NO/c1-10-6-8-12(9-7-10)14(11(2)15)16-13-4-3-5-13/h6-9,11,13-14H,3-5,15H2,1-2H3. The molecule has 1 aromatic rings. The van der Waals surface area contributed by atoms with Crippen LogP contribution in [0.1, 0.15) is 43.4 Å². The van der Waals surface area contributed by atoms with Crippen molar-refractivity contribution in [1.29, 1.82) is 0 Å². The summed E-state index contributed by atoms with van der Waals surface area (Å²) in [7, 11) is 0. The van der Waals surface area contributed by atoms with Gasteiger partial charge in [0, 0.05) is 6.04 Å². The zero-order valence-electron chi connectivity index (χ0n) is 10.1. The Kier molecular flexibility index (Phi) is 3.62. The highest BCUT2D eigenvalue weighted by Crippen LogP contribution is 2.30. The molecule has 2 unspecified atom stereocenters. The van der Waals surface area contributed by atoms with Gasteiger partial charge in [0.15, 0.2) is 0 Å². The van der Waals surface area contributed by atoms with Gasteiger partial charge in [0.05, 0.1) is 12.2 Å². The molecule has 2 nitrogen and oxygen atoms in total. The van der Waals surface area contributed by atoms with Gasteiger partial charge in [-0.1, -0.05) is 29.8 Å². The zero-order chi connectivity index (χ0) is 11.5.